The minimum Gasteiger partial charge on any atom is -0.479 e. The van der Waals surface area contributed by atoms with E-state index in [9.17, 15) is 4.39 Å². The van der Waals surface area contributed by atoms with Crippen molar-refractivity contribution in [2.45, 2.75) is 0 Å². The lowest BCUT2D eigenvalue weighted by atomic mass is 10.4. The summed E-state index contributed by atoms with van der Waals surface area (Å²) in [6, 6.07) is 7.08. The van der Waals surface area contributed by atoms with Gasteiger partial charge in [0.25, 0.3) is 0 Å². The van der Waals surface area contributed by atoms with Gasteiger partial charge in [-0.2, -0.15) is 0 Å². The lowest BCUT2D eigenvalue weighted by molar-refractivity contribution is -0.137. The number of aliphatic carboxylic acids is 1. The lowest BCUT2D eigenvalue weighted by Crippen LogP contribution is -1.93. The zero-order chi connectivity index (χ0) is 10.3. The smallest absolute Gasteiger partial charge is 0.335 e. The van der Waals surface area contributed by atoms with E-state index >= 15 is 0 Å². The van der Waals surface area contributed by atoms with Crippen molar-refractivity contribution in [1.29, 1.82) is 0 Å². The van der Waals surface area contributed by atoms with E-state index in [2.05, 4.69) is 0 Å². The molecule has 0 aliphatic heterocycles. The average Bonchev–Trinajstić information content (AvgIpc) is 2.05. The highest BCUT2D eigenvalue weighted by Crippen LogP contribution is 2.13. The van der Waals surface area contributed by atoms with Gasteiger partial charge in [-0.05, 0) is 18.2 Å². The van der Waals surface area contributed by atoms with Crippen molar-refractivity contribution in [3.8, 4) is 0 Å². The van der Waals surface area contributed by atoms with E-state index in [-0.39, 0.29) is 0 Å². The fourth-order valence-electron chi connectivity index (χ4n) is 0.460. The number of halogens is 3. The Morgan fingerprint density at radius 2 is 1.77 bits per heavy atom. The van der Waals surface area contributed by atoms with Gasteiger partial charge in [0.1, 0.15) is 0 Å². The van der Waals surface area contributed by atoms with E-state index in [1.165, 1.54) is 0 Å². The second-order valence-corrected chi connectivity index (χ2v) is 2.84. The van der Waals surface area contributed by atoms with E-state index in [1.807, 2.05) is 6.07 Å². The average molecular weight is 225 g/mol. The Balaban J connectivity index is 0.000000252. The standard InChI is InChI=1S/C6H4Cl2.C2H3FO2/c7-5-2-1-3-6(8)4-5;3-1-2(4)5/h1-4H;1H2,(H,4,5). The Kier molecular flexibility index (Phi) is 6.28. The van der Waals surface area contributed by atoms with Crippen LogP contribution in [-0.2, 0) is 4.79 Å². The summed E-state index contributed by atoms with van der Waals surface area (Å²) in [5.74, 6) is -1.41. The maximum Gasteiger partial charge on any atom is 0.335 e. The van der Waals surface area contributed by atoms with Crippen LogP contribution < -0.4 is 0 Å². The fraction of sp³-hybridized carbons (Fsp3) is 0.125. The number of carboxylic acid groups (broad SMARTS) is 1. The number of alkyl halides is 1. The number of carbonyl (C=O) groups is 1. The summed E-state index contributed by atoms with van der Waals surface area (Å²) in [6.07, 6.45) is 0. The Morgan fingerprint density at radius 1 is 1.38 bits per heavy atom. The number of rotatable bonds is 1. The van der Waals surface area contributed by atoms with E-state index in [0.29, 0.717) is 10.0 Å². The molecule has 0 bridgehead atoms. The summed E-state index contributed by atoms with van der Waals surface area (Å²) < 4.78 is 10.5. The van der Waals surface area contributed by atoms with Crippen LogP contribution in [-0.4, -0.2) is 17.8 Å². The number of benzene rings is 1. The van der Waals surface area contributed by atoms with Gasteiger partial charge in [0.2, 0.25) is 0 Å². The molecule has 0 saturated carbocycles. The highest BCUT2D eigenvalue weighted by Gasteiger charge is 1.85. The van der Waals surface area contributed by atoms with Crippen LogP contribution in [0.4, 0.5) is 4.39 Å². The molecule has 0 saturated heterocycles. The summed E-state index contributed by atoms with van der Waals surface area (Å²) in [5.41, 5.74) is 0. The summed E-state index contributed by atoms with van der Waals surface area (Å²) >= 11 is 11.1. The summed E-state index contributed by atoms with van der Waals surface area (Å²) in [4.78, 5) is 8.99. The molecule has 72 valence electrons. The zero-order valence-electron chi connectivity index (χ0n) is 6.51. The predicted octanol–water partition coefficient (Wildman–Crippen LogP) is 3.03. The van der Waals surface area contributed by atoms with Crippen molar-refractivity contribution in [3.63, 3.8) is 0 Å². The molecule has 0 amide bonds. The van der Waals surface area contributed by atoms with Crippen LogP contribution in [0.2, 0.25) is 10.0 Å². The van der Waals surface area contributed by atoms with Crippen molar-refractivity contribution in [2.75, 3.05) is 6.67 Å². The molecule has 0 unspecified atom stereocenters. The normalized spacial score (nSPS) is 8.54. The Morgan fingerprint density at radius 3 is 1.92 bits per heavy atom. The van der Waals surface area contributed by atoms with Crippen molar-refractivity contribution >= 4 is 29.2 Å². The first-order chi connectivity index (χ1) is 6.06. The van der Waals surface area contributed by atoms with E-state index in [4.69, 9.17) is 33.1 Å². The summed E-state index contributed by atoms with van der Waals surface area (Å²) in [6.45, 7) is -1.28. The van der Waals surface area contributed by atoms with Gasteiger partial charge in [0.15, 0.2) is 6.67 Å². The van der Waals surface area contributed by atoms with Crippen LogP contribution in [0.25, 0.3) is 0 Å². The molecule has 0 atom stereocenters. The third-order valence-corrected chi connectivity index (χ3v) is 1.37. The first-order valence-corrected chi connectivity index (χ1v) is 4.00. The molecule has 2 nitrogen and oxygen atoms in total. The number of hydrogen-bond donors (Lipinski definition) is 1. The van der Waals surface area contributed by atoms with Gasteiger partial charge in [-0.1, -0.05) is 29.3 Å². The van der Waals surface area contributed by atoms with Gasteiger partial charge in [0, 0.05) is 10.0 Å². The first kappa shape index (κ1) is 12.2. The van der Waals surface area contributed by atoms with Crippen LogP contribution in [0.5, 0.6) is 0 Å². The van der Waals surface area contributed by atoms with Crippen LogP contribution in [0.15, 0.2) is 24.3 Å². The molecule has 0 aliphatic carbocycles. The predicted molar refractivity (Wildman–Crippen MR) is 50.1 cm³/mol. The highest BCUT2D eigenvalue weighted by molar-refractivity contribution is 6.34. The highest BCUT2D eigenvalue weighted by atomic mass is 35.5. The molecule has 0 radical (unpaired) electrons. The number of carboxylic acids is 1. The van der Waals surface area contributed by atoms with Crippen molar-refractivity contribution in [3.05, 3.63) is 34.3 Å². The quantitative estimate of drug-likeness (QED) is 0.797. The molecule has 0 aliphatic rings. The fourth-order valence-corrected chi connectivity index (χ4v) is 0.896. The minimum atomic E-state index is -1.41. The van der Waals surface area contributed by atoms with Crippen LogP contribution in [0, 0.1) is 0 Å². The Bertz CT molecular complexity index is 261. The van der Waals surface area contributed by atoms with Crippen molar-refractivity contribution < 1.29 is 14.3 Å². The molecule has 0 aromatic heterocycles. The molecule has 0 heterocycles. The van der Waals surface area contributed by atoms with Gasteiger partial charge in [-0.15, -0.1) is 0 Å². The minimum absolute atomic E-state index is 0.678. The molecular formula is C8H7Cl2FO2. The molecule has 5 heteroatoms. The van der Waals surface area contributed by atoms with E-state index in [1.54, 1.807) is 18.2 Å². The topological polar surface area (TPSA) is 37.3 Å². The maximum absolute atomic E-state index is 10.5. The lowest BCUT2D eigenvalue weighted by Gasteiger charge is -1.86. The zero-order valence-corrected chi connectivity index (χ0v) is 8.02. The van der Waals surface area contributed by atoms with Gasteiger partial charge < -0.3 is 5.11 Å². The Hall–Kier alpha value is -0.800. The van der Waals surface area contributed by atoms with Crippen molar-refractivity contribution in [2.24, 2.45) is 0 Å². The summed E-state index contributed by atoms with van der Waals surface area (Å²) in [7, 11) is 0. The van der Waals surface area contributed by atoms with Crippen LogP contribution in [0.1, 0.15) is 0 Å². The second-order valence-electron chi connectivity index (χ2n) is 1.97. The van der Waals surface area contributed by atoms with Crippen LogP contribution in [0.3, 0.4) is 0 Å². The van der Waals surface area contributed by atoms with Gasteiger partial charge in [0.05, 0.1) is 0 Å². The van der Waals surface area contributed by atoms with Gasteiger partial charge >= 0.3 is 5.97 Å². The van der Waals surface area contributed by atoms with Crippen molar-refractivity contribution in [1.82, 2.24) is 0 Å². The monoisotopic (exact) mass is 224 g/mol. The first-order valence-electron chi connectivity index (χ1n) is 3.25. The molecule has 1 aromatic carbocycles. The van der Waals surface area contributed by atoms with Gasteiger partial charge in [-0.3, -0.25) is 0 Å². The molecule has 1 N–H and O–H groups in total. The van der Waals surface area contributed by atoms with Gasteiger partial charge in [-0.25, -0.2) is 9.18 Å². The number of hydrogen-bond acceptors (Lipinski definition) is 1. The molecule has 0 fully saturated rings. The molecule has 0 spiro atoms. The third-order valence-electron chi connectivity index (χ3n) is 0.901. The summed E-state index contributed by atoms with van der Waals surface area (Å²) in [5, 5.41) is 8.70. The molecular weight excluding hydrogens is 218 g/mol. The molecule has 1 rings (SSSR count). The third kappa shape index (κ3) is 7.56. The van der Waals surface area contributed by atoms with E-state index < -0.39 is 12.6 Å². The largest absolute Gasteiger partial charge is 0.479 e. The Labute approximate surface area is 84.9 Å². The molecule has 1 aromatic rings. The van der Waals surface area contributed by atoms with Crippen LogP contribution >= 0.6 is 23.2 Å². The van der Waals surface area contributed by atoms with E-state index in [0.717, 1.165) is 0 Å². The maximum atomic E-state index is 10.5. The molecule has 13 heavy (non-hydrogen) atoms. The second kappa shape index (κ2) is 6.69. The SMILES string of the molecule is Clc1cccc(Cl)c1.O=C(O)CF.